The highest BCUT2D eigenvalue weighted by Crippen LogP contribution is 2.38. The summed E-state index contributed by atoms with van der Waals surface area (Å²) in [6.07, 6.45) is 2.11. The molecule has 1 fully saturated rings. The van der Waals surface area contributed by atoms with E-state index in [-0.39, 0.29) is 19.2 Å². The molecule has 8 heteroatoms. The Morgan fingerprint density at radius 2 is 2.04 bits per heavy atom. The molecule has 28 heavy (non-hydrogen) atoms. The maximum Gasteiger partial charge on any atom is 0.338 e. The predicted molar refractivity (Wildman–Crippen MR) is 106 cm³/mol. The normalized spacial score (nSPS) is 19.1. The average molecular weight is 401 g/mol. The van der Waals surface area contributed by atoms with Gasteiger partial charge < -0.3 is 24.4 Å². The van der Waals surface area contributed by atoms with Gasteiger partial charge >= 0.3 is 5.97 Å². The Kier molecular flexibility index (Phi) is 6.49. The Labute approximate surface area is 169 Å². The number of nitriles is 1. The zero-order valence-electron chi connectivity index (χ0n) is 15.9. The molecule has 1 aromatic carbocycles. The number of carbonyl (C=O) groups is 1. The first-order chi connectivity index (χ1) is 13.6. The lowest BCUT2D eigenvalue weighted by Gasteiger charge is -2.37. The second kappa shape index (κ2) is 9.04. The van der Waals surface area contributed by atoms with Crippen molar-refractivity contribution in [2.45, 2.75) is 31.8 Å². The van der Waals surface area contributed by atoms with E-state index in [1.165, 1.54) is 0 Å². The fourth-order valence-electron chi connectivity index (χ4n) is 3.21. The number of nitrogens with zero attached hydrogens (tertiary/aromatic N) is 2. The van der Waals surface area contributed by atoms with Gasteiger partial charge in [0.1, 0.15) is 18.4 Å². The summed E-state index contributed by atoms with van der Waals surface area (Å²) < 4.78 is 15.7. The number of rotatable bonds is 8. The standard InChI is InChI=1S/C20H23N3O4S/c1-13-17(19(24)27-12-11-25-2)18(22-20(28)23(13)15-5-6-15)14-3-7-16(8-4-14)26-10-9-21/h3-4,7-8,15,18H,5-6,10-12H2,1-2H3,(H,22,28)/t18-/m0/s1. The first-order valence-corrected chi connectivity index (χ1v) is 9.54. The number of thiocarbonyl (C=S) groups is 1. The van der Waals surface area contributed by atoms with E-state index in [4.69, 9.17) is 31.7 Å². The topological polar surface area (TPSA) is 83.8 Å². The Morgan fingerprint density at radius 1 is 1.32 bits per heavy atom. The van der Waals surface area contributed by atoms with Crippen LogP contribution in [0.5, 0.6) is 5.75 Å². The number of allylic oxidation sites excluding steroid dienone is 1. The summed E-state index contributed by atoms with van der Waals surface area (Å²) in [4.78, 5) is 14.9. The summed E-state index contributed by atoms with van der Waals surface area (Å²) >= 11 is 5.57. The minimum Gasteiger partial charge on any atom is -0.479 e. The zero-order valence-corrected chi connectivity index (χ0v) is 16.8. The van der Waals surface area contributed by atoms with E-state index in [0.717, 1.165) is 24.1 Å². The molecule has 0 amide bonds. The molecule has 1 heterocycles. The number of benzene rings is 1. The van der Waals surface area contributed by atoms with Crippen molar-refractivity contribution < 1.29 is 19.0 Å². The van der Waals surface area contributed by atoms with Gasteiger partial charge in [-0.2, -0.15) is 5.26 Å². The first-order valence-electron chi connectivity index (χ1n) is 9.13. The van der Waals surface area contributed by atoms with Gasteiger partial charge in [0.25, 0.3) is 0 Å². The minimum atomic E-state index is -0.414. The molecular formula is C20H23N3O4S. The number of hydrogen-bond acceptors (Lipinski definition) is 6. The van der Waals surface area contributed by atoms with Crippen LogP contribution in [-0.2, 0) is 14.3 Å². The molecule has 3 rings (SSSR count). The molecule has 1 aliphatic heterocycles. The molecule has 0 unspecified atom stereocenters. The third kappa shape index (κ3) is 4.43. The molecule has 1 saturated carbocycles. The highest BCUT2D eigenvalue weighted by atomic mass is 32.1. The molecular weight excluding hydrogens is 378 g/mol. The van der Waals surface area contributed by atoms with E-state index in [1.807, 2.05) is 30.0 Å². The molecule has 7 nitrogen and oxygen atoms in total. The van der Waals surface area contributed by atoms with Crippen LogP contribution in [0.4, 0.5) is 0 Å². The zero-order chi connectivity index (χ0) is 20.1. The van der Waals surface area contributed by atoms with E-state index < -0.39 is 6.04 Å². The SMILES string of the molecule is COCCOC(=O)C1=C(C)N(C2CC2)C(=S)N[C@H]1c1ccc(OCC#N)cc1. The molecule has 1 aromatic rings. The second-order valence-corrected chi connectivity index (χ2v) is 7.01. The number of ether oxygens (including phenoxy) is 3. The van der Waals surface area contributed by atoms with Gasteiger partial charge in [0.2, 0.25) is 0 Å². The highest BCUT2D eigenvalue weighted by molar-refractivity contribution is 7.80. The Hall–Kier alpha value is -2.63. The van der Waals surface area contributed by atoms with Crippen molar-refractivity contribution in [3.05, 3.63) is 41.1 Å². The van der Waals surface area contributed by atoms with E-state index in [9.17, 15) is 4.79 Å². The van der Waals surface area contributed by atoms with Crippen LogP contribution >= 0.6 is 12.2 Å². The lowest BCUT2D eigenvalue weighted by molar-refractivity contribution is -0.140. The summed E-state index contributed by atoms with van der Waals surface area (Å²) in [6, 6.07) is 9.12. The van der Waals surface area contributed by atoms with E-state index >= 15 is 0 Å². The molecule has 1 N–H and O–H groups in total. The van der Waals surface area contributed by atoms with Crippen LogP contribution < -0.4 is 10.1 Å². The molecule has 1 aliphatic carbocycles. The number of hydrogen-bond donors (Lipinski definition) is 1. The first kappa shape index (κ1) is 20.1. The van der Waals surface area contributed by atoms with Gasteiger partial charge in [-0.25, -0.2) is 4.79 Å². The average Bonchev–Trinajstić information content (AvgIpc) is 3.51. The quantitative estimate of drug-likeness (QED) is 0.404. The summed E-state index contributed by atoms with van der Waals surface area (Å²) in [7, 11) is 1.56. The molecule has 2 aliphatic rings. The molecule has 148 valence electrons. The van der Waals surface area contributed by atoms with Crippen molar-refractivity contribution in [1.82, 2.24) is 10.2 Å². The smallest absolute Gasteiger partial charge is 0.338 e. The Balaban J connectivity index is 1.89. The van der Waals surface area contributed by atoms with Crippen LogP contribution in [0.3, 0.4) is 0 Å². The third-order valence-electron chi connectivity index (χ3n) is 4.70. The van der Waals surface area contributed by atoms with Gasteiger partial charge in [0.15, 0.2) is 11.7 Å². The maximum atomic E-state index is 12.9. The predicted octanol–water partition coefficient (Wildman–Crippen LogP) is 2.45. The van der Waals surface area contributed by atoms with Crippen molar-refractivity contribution in [2.24, 2.45) is 0 Å². The van der Waals surface area contributed by atoms with Crippen LogP contribution in [0.1, 0.15) is 31.4 Å². The lowest BCUT2D eigenvalue weighted by atomic mass is 9.95. The van der Waals surface area contributed by atoms with Crippen molar-refractivity contribution in [3.63, 3.8) is 0 Å². The van der Waals surface area contributed by atoms with Gasteiger partial charge in [-0.05, 0) is 49.7 Å². The molecule has 1 atom stereocenters. The molecule has 0 saturated heterocycles. The van der Waals surface area contributed by atoms with Gasteiger partial charge in [0.05, 0.1) is 18.2 Å². The number of methoxy groups -OCH3 is 1. The maximum absolute atomic E-state index is 12.9. The number of esters is 1. The third-order valence-corrected chi connectivity index (χ3v) is 5.01. The molecule has 0 radical (unpaired) electrons. The van der Waals surface area contributed by atoms with Crippen molar-refractivity contribution in [1.29, 1.82) is 5.26 Å². The van der Waals surface area contributed by atoms with Crippen LogP contribution in [-0.4, -0.2) is 49.0 Å². The summed E-state index contributed by atoms with van der Waals surface area (Å²) in [6.45, 7) is 2.42. The monoisotopic (exact) mass is 401 g/mol. The number of nitrogens with one attached hydrogen (secondary N) is 1. The van der Waals surface area contributed by atoms with Crippen LogP contribution in [0, 0.1) is 11.3 Å². The molecule has 0 bridgehead atoms. The Morgan fingerprint density at radius 3 is 2.64 bits per heavy atom. The largest absolute Gasteiger partial charge is 0.479 e. The second-order valence-electron chi connectivity index (χ2n) is 6.63. The van der Waals surface area contributed by atoms with E-state index in [1.54, 1.807) is 19.2 Å². The fraction of sp³-hybridized carbons (Fsp3) is 0.450. The minimum absolute atomic E-state index is 0.0163. The van der Waals surface area contributed by atoms with Crippen LogP contribution in [0.2, 0.25) is 0 Å². The van der Waals surface area contributed by atoms with Gasteiger partial charge in [-0.3, -0.25) is 0 Å². The molecule has 0 spiro atoms. The van der Waals surface area contributed by atoms with Crippen molar-refractivity contribution >= 4 is 23.3 Å². The van der Waals surface area contributed by atoms with Crippen molar-refractivity contribution in [2.75, 3.05) is 26.9 Å². The summed E-state index contributed by atoms with van der Waals surface area (Å²) in [5, 5.41) is 12.5. The van der Waals surface area contributed by atoms with E-state index in [0.29, 0.717) is 29.1 Å². The van der Waals surface area contributed by atoms with Crippen LogP contribution in [0.25, 0.3) is 0 Å². The number of carbonyl (C=O) groups excluding carboxylic acids is 1. The summed E-state index contributed by atoms with van der Waals surface area (Å²) in [5.41, 5.74) is 2.23. The van der Waals surface area contributed by atoms with Crippen LogP contribution in [0.15, 0.2) is 35.5 Å². The fourth-order valence-corrected chi connectivity index (χ4v) is 3.62. The Bertz CT molecular complexity index is 812. The lowest BCUT2D eigenvalue weighted by Crippen LogP contribution is -2.48. The van der Waals surface area contributed by atoms with Gasteiger partial charge in [-0.1, -0.05) is 12.1 Å². The molecule has 0 aromatic heterocycles. The summed E-state index contributed by atoms with van der Waals surface area (Å²) in [5.74, 6) is 0.207. The van der Waals surface area contributed by atoms with Gasteiger partial charge in [0, 0.05) is 18.8 Å². The highest BCUT2D eigenvalue weighted by Gasteiger charge is 2.40. The van der Waals surface area contributed by atoms with E-state index in [2.05, 4.69) is 5.32 Å². The van der Waals surface area contributed by atoms with Crippen molar-refractivity contribution in [3.8, 4) is 11.8 Å². The van der Waals surface area contributed by atoms with Gasteiger partial charge in [-0.15, -0.1) is 0 Å².